The van der Waals surface area contributed by atoms with Crippen LogP contribution in [0.3, 0.4) is 0 Å². The smallest absolute Gasteiger partial charge is 0.410 e. The topological polar surface area (TPSA) is 145 Å². The number of aliphatic imine (C=N–C) groups is 1. The molecule has 5 N–H and O–H groups in total. The number of benzene rings is 1. The highest BCUT2D eigenvalue weighted by atomic mass is 32.3. The summed E-state index contributed by atoms with van der Waals surface area (Å²) in [5, 5.41) is 13.9. The molecule has 0 spiro atoms. The van der Waals surface area contributed by atoms with Crippen molar-refractivity contribution in [3.63, 3.8) is 0 Å². The van der Waals surface area contributed by atoms with Crippen LogP contribution in [-0.2, 0) is 5.54 Å². The van der Waals surface area contributed by atoms with E-state index in [0.29, 0.717) is 24.4 Å². The van der Waals surface area contributed by atoms with Gasteiger partial charge in [-0.05, 0) is 57.5 Å². The summed E-state index contributed by atoms with van der Waals surface area (Å²) in [6.07, 6.45) is 0.603. The number of amides is 2. The molecule has 188 valence electrons. The van der Waals surface area contributed by atoms with Gasteiger partial charge in [-0.15, -0.1) is 0 Å². The molecule has 12 heteroatoms. The Kier molecular flexibility index (Phi) is 6.24. The van der Waals surface area contributed by atoms with Crippen LogP contribution in [0.4, 0.5) is 14.9 Å². The number of nitrogens with one attached hydrogen (secondary N) is 3. The molecule has 1 aromatic heterocycles. The first-order valence-electron chi connectivity index (χ1n) is 10.9. The van der Waals surface area contributed by atoms with Crippen LogP contribution in [0.2, 0.25) is 0 Å². The van der Waals surface area contributed by atoms with Gasteiger partial charge in [-0.3, -0.25) is 19.8 Å². The second-order valence-electron chi connectivity index (χ2n) is 9.08. The van der Waals surface area contributed by atoms with E-state index in [2.05, 4.69) is 25.3 Å². The first-order valence-corrected chi connectivity index (χ1v) is 12.6. The van der Waals surface area contributed by atoms with E-state index in [0.717, 1.165) is 0 Å². The summed E-state index contributed by atoms with van der Waals surface area (Å²) in [5.74, 6) is -0.532. The van der Waals surface area contributed by atoms with Gasteiger partial charge in [0.1, 0.15) is 28.6 Å². The maximum atomic E-state index is 15.3. The molecule has 0 aliphatic carbocycles. The SMILES string of the molecule is COc1ccc(C(=O)Nc2ccc(F)c([C@@]3(C)N=C(NC(=O)O)C(C)(C)S4(O)NCC[C@@H]34)c2)nc1. The molecular formula is C23H28FN5O5S. The average molecular weight is 506 g/mol. The number of amidine groups is 1. The van der Waals surface area contributed by atoms with Gasteiger partial charge in [-0.1, -0.05) is 10.5 Å². The molecule has 35 heavy (non-hydrogen) atoms. The van der Waals surface area contributed by atoms with Crippen LogP contribution in [-0.4, -0.2) is 56.1 Å². The number of ether oxygens (including phenoxy) is 1. The van der Waals surface area contributed by atoms with Crippen molar-refractivity contribution >= 4 is 34.0 Å². The third-order valence-electron chi connectivity index (χ3n) is 6.66. The minimum Gasteiger partial charge on any atom is -0.495 e. The molecule has 4 rings (SSSR count). The van der Waals surface area contributed by atoms with Gasteiger partial charge in [0.05, 0.1) is 23.3 Å². The lowest BCUT2D eigenvalue weighted by molar-refractivity contribution is 0.102. The van der Waals surface area contributed by atoms with Crippen molar-refractivity contribution in [3.05, 3.63) is 53.6 Å². The molecule has 1 fully saturated rings. The Morgan fingerprint density at radius 3 is 2.60 bits per heavy atom. The number of hydrogen-bond acceptors (Lipinski definition) is 7. The first kappa shape index (κ1) is 24.9. The second-order valence-corrected chi connectivity index (χ2v) is 12.2. The molecule has 3 heterocycles. The zero-order valence-electron chi connectivity index (χ0n) is 19.8. The van der Waals surface area contributed by atoms with Crippen molar-refractivity contribution in [1.29, 1.82) is 0 Å². The molecule has 0 bridgehead atoms. The number of fused-ring (bicyclic) bond motifs is 1. The predicted octanol–water partition coefficient (Wildman–Crippen LogP) is 3.71. The van der Waals surface area contributed by atoms with E-state index in [1.807, 2.05) is 0 Å². The lowest BCUT2D eigenvalue weighted by Gasteiger charge is -2.56. The number of halogens is 1. The van der Waals surface area contributed by atoms with E-state index in [9.17, 15) is 19.2 Å². The van der Waals surface area contributed by atoms with Gasteiger partial charge in [0.2, 0.25) is 0 Å². The molecule has 2 aromatic rings. The highest BCUT2D eigenvalue weighted by molar-refractivity contribution is 8.29. The van der Waals surface area contributed by atoms with E-state index in [1.54, 1.807) is 26.8 Å². The van der Waals surface area contributed by atoms with Crippen LogP contribution in [0.1, 0.15) is 43.2 Å². The monoisotopic (exact) mass is 505 g/mol. The van der Waals surface area contributed by atoms with Crippen LogP contribution in [0.15, 0.2) is 41.5 Å². The number of rotatable bonds is 4. The molecule has 0 radical (unpaired) electrons. The quantitative estimate of drug-likeness (QED) is 0.426. The summed E-state index contributed by atoms with van der Waals surface area (Å²) in [7, 11) is -1.17. The minimum atomic E-state index is -2.66. The van der Waals surface area contributed by atoms with Crippen molar-refractivity contribution < 1.29 is 28.4 Å². The minimum absolute atomic E-state index is 0.0481. The molecule has 2 aliphatic heterocycles. The predicted molar refractivity (Wildman–Crippen MR) is 132 cm³/mol. The summed E-state index contributed by atoms with van der Waals surface area (Å²) >= 11 is 0. The van der Waals surface area contributed by atoms with Crippen LogP contribution in [0.25, 0.3) is 0 Å². The van der Waals surface area contributed by atoms with Crippen molar-refractivity contribution in [2.24, 2.45) is 4.99 Å². The molecule has 0 saturated carbocycles. The third-order valence-corrected chi connectivity index (χ3v) is 10.6. The Balaban J connectivity index is 1.75. The first-order chi connectivity index (χ1) is 16.4. The Morgan fingerprint density at radius 2 is 1.97 bits per heavy atom. The Bertz CT molecular complexity index is 1210. The number of aromatic nitrogens is 1. The molecule has 3 atom stereocenters. The fourth-order valence-electron chi connectivity index (χ4n) is 4.69. The molecular weight excluding hydrogens is 477 g/mol. The van der Waals surface area contributed by atoms with Gasteiger partial charge in [0.15, 0.2) is 0 Å². The maximum absolute atomic E-state index is 15.3. The number of methoxy groups -OCH3 is 1. The second kappa shape index (κ2) is 8.77. The molecule has 2 aliphatic rings. The van der Waals surface area contributed by atoms with Crippen molar-refractivity contribution in [2.45, 2.75) is 42.7 Å². The van der Waals surface area contributed by atoms with E-state index in [-0.39, 0.29) is 17.1 Å². The third kappa shape index (κ3) is 4.11. The molecule has 2 amide bonds. The normalized spacial score (nSPS) is 28.7. The summed E-state index contributed by atoms with van der Waals surface area (Å²) in [6, 6.07) is 7.21. The van der Waals surface area contributed by atoms with E-state index in [1.165, 1.54) is 37.6 Å². The van der Waals surface area contributed by atoms with Crippen LogP contribution in [0, 0.1) is 5.82 Å². The highest BCUT2D eigenvalue weighted by Crippen LogP contribution is 2.67. The number of carbonyl (C=O) groups excluding carboxylic acids is 1. The van der Waals surface area contributed by atoms with Crippen molar-refractivity contribution in [2.75, 3.05) is 19.0 Å². The molecule has 10 nitrogen and oxygen atoms in total. The van der Waals surface area contributed by atoms with Gasteiger partial charge in [0, 0.05) is 17.8 Å². The Labute approximate surface area is 203 Å². The lowest BCUT2D eigenvalue weighted by atomic mass is 9.85. The highest BCUT2D eigenvalue weighted by Gasteiger charge is 2.61. The van der Waals surface area contributed by atoms with E-state index >= 15 is 4.39 Å². The largest absolute Gasteiger partial charge is 0.495 e. The summed E-state index contributed by atoms with van der Waals surface area (Å²) in [6.45, 7) is 5.59. The fraction of sp³-hybridized carbons (Fsp3) is 0.391. The standard InChI is InChI=1S/C23H28FN5O5S/c1-22(2)20(28-21(31)32)29-23(3,18-9-10-26-35(18,22)33)15-11-13(5-7-16(15)24)27-19(30)17-8-6-14(34-4)12-25-17/h5-8,11-12,18,26,33H,9-10H2,1-4H3,(H,27,30)(H,28,29)(H,31,32)/t18-,23+/m0/s1. The van der Waals surface area contributed by atoms with Crippen molar-refractivity contribution in [1.82, 2.24) is 15.0 Å². The Hall–Kier alpha value is -3.22. The van der Waals surface area contributed by atoms with Gasteiger partial charge >= 0.3 is 6.09 Å². The number of hydrogen-bond donors (Lipinski definition) is 5. The van der Waals surface area contributed by atoms with Crippen LogP contribution in [0.5, 0.6) is 5.75 Å². The zero-order valence-corrected chi connectivity index (χ0v) is 20.6. The van der Waals surface area contributed by atoms with Gasteiger partial charge in [-0.2, -0.15) is 0 Å². The van der Waals surface area contributed by atoms with E-state index < -0.39 is 43.8 Å². The lowest BCUT2D eigenvalue weighted by Crippen LogP contribution is -2.59. The molecule has 1 saturated heterocycles. The molecule has 1 unspecified atom stereocenters. The number of carbonyl (C=O) groups is 2. The Morgan fingerprint density at radius 1 is 1.23 bits per heavy atom. The van der Waals surface area contributed by atoms with Gasteiger partial charge in [-0.25, -0.2) is 14.2 Å². The number of pyridine rings is 1. The van der Waals surface area contributed by atoms with Crippen LogP contribution < -0.4 is 20.1 Å². The van der Waals surface area contributed by atoms with Crippen LogP contribution >= 0.6 is 10.5 Å². The summed E-state index contributed by atoms with van der Waals surface area (Å²) in [5.41, 5.74) is -0.711. The van der Waals surface area contributed by atoms with Gasteiger partial charge in [0.25, 0.3) is 5.91 Å². The van der Waals surface area contributed by atoms with Crippen molar-refractivity contribution in [3.8, 4) is 5.75 Å². The number of carboxylic acid groups (broad SMARTS) is 1. The maximum Gasteiger partial charge on any atom is 0.410 e. The summed E-state index contributed by atoms with van der Waals surface area (Å²) in [4.78, 5) is 32.9. The zero-order chi connectivity index (χ0) is 25.6. The fourth-order valence-corrected chi connectivity index (χ4v) is 8.08. The number of nitrogens with zero attached hydrogens (tertiary/aromatic N) is 2. The van der Waals surface area contributed by atoms with E-state index in [4.69, 9.17) is 4.74 Å². The average Bonchev–Trinajstić information content (AvgIpc) is 3.23. The molecule has 1 aromatic carbocycles. The summed E-state index contributed by atoms with van der Waals surface area (Å²) < 4.78 is 34.2. The number of anilines is 1. The van der Waals surface area contributed by atoms with Gasteiger partial charge < -0.3 is 19.7 Å².